The molecule has 7 heteroatoms. The molecule has 0 spiro atoms. The van der Waals surface area contributed by atoms with Gasteiger partial charge in [0.15, 0.2) is 11.6 Å². The molecule has 0 fully saturated rings. The molecule has 0 saturated heterocycles. The average Bonchev–Trinajstić information content (AvgIpc) is 2.91. The Balaban J connectivity index is 1.74. The van der Waals surface area contributed by atoms with Crippen molar-refractivity contribution in [3.8, 4) is 5.75 Å². The van der Waals surface area contributed by atoms with Gasteiger partial charge in [0.25, 0.3) is 5.91 Å². The molecule has 6 nitrogen and oxygen atoms in total. The van der Waals surface area contributed by atoms with Crippen LogP contribution in [0, 0.1) is 5.82 Å². The lowest BCUT2D eigenvalue weighted by molar-refractivity contribution is -0.00710. The van der Waals surface area contributed by atoms with E-state index in [9.17, 15) is 9.18 Å². The summed E-state index contributed by atoms with van der Waals surface area (Å²) in [6, 6.07) is 4.69. The highest BCUT2D eigenvalue weighted by atomic mass is 19.1. The van der Waals surface area contributed by atoms with Gasteiger partial charge in [-0.05, 0) is 38.5 Å². The number of amides is 1. The van der Waals surface area contributed by atoms with E-state index in [0.29, 0.717) is 24.3 Å². The summed E-state index contributed by atoms with van der Waals surface area (Å²) in [5.74, 6) is -0.445. The third kappa shape index (κ3) is 3.58. The van der Waals surface area contributed by atoms with Gasteiger partial charge in [-0.15, -0.1) is 0 Å². The molecule has 1 aromatic heterocycles. The number of nitrogens with one attached hydrogen (secondary N) is 1. The lowest BCUT2D eigenvalue weighted by Crippen LogP contribution is -2.28. The lowest BCUT2D eigenvalue weighted by atomic mass is 9.99. The minimum atomic E-state index is -0.434. The number of benzene rings is 1. The van der Waals surface area contributed by atoms with Crippen LogP contribution < -0.4 is 10.1 Å². The van der Waals surface area contributed by atoms with Crippen LogP contribution in [0.3, 0.4) is 0 Å². The highest BCUT2D eigenvalue weighted by molar-refractivity contribution is 5.94. The fraction of sp³-hybridized carbons (Fsp3) is 0.474. The SMILES string of the molecule is CCOc1ccc(CNC(=O)c2c3c(nn2C)[C@H](C)O[C@H](C)C3)cc1F. The summed E-state index contributed by atoms with van der Waals surface area (Å²) in [7, 11) is 1.75. The number of aromatic nitrogens is 2. The standard InChI is InChI=1S/C19H24FN3O3/c1-5-25-16-7-6-13(9-15(16)20)10-21-19(24)18-14-8-11(2)26-12(3)17(14)22-23(18)4/h6-7,9,11-12H,5,8,10H2,1-4H3,(H,21,24)/t11-,12+/m1/s1. The van der Waals surface area contributed by atoms with Crippen LogP contribution in [0.2, 0.25) is 0 Å². The van der Waals surface area contributed by atoms with Crippen molar-refractivity contribution in [1.82, 2.24) is 15.1 Å². The lowest BCUT2D eigenvalue weighted by Gasteiger charge is -2.24. The monoisotopic (exact) mass is 361 g/mol. The zero-order valence-corrected chi connectivity index (χ0v) is 15.5. The molecule has 0 bridgehead atoms. The Morgan fingerprint density at radius 2 is 2.23 bits per heavy atom. The summed E-state index contributed by atoms with van der Waals surface area (Å²) < 4.78 is 26.5. The Hall–Kier alpha value is -2.41. The number of fused-ring (bicyclic) bond motifs is 1. The van der Waals surface area contributed by atoms with Crippen LogP contribution in [0.25, 0.3) is 0 Å². The third-order valence-electron chi connectivity index (χ3n) is 4.45. The number of hydrogen-bond donors (Lipinski definition) is 1. The fourth-order valence-corrected chi connectivity index (χ4v) is 3.34. The minimum Gasteiger partial charge on any atom is -0.491 e. The molecule has 2 heterocycles. The Bertz CT molecular complexity index is 819. The first-order chi connectivity index (χ1) is 12.4. The van der Waals surface area contributed by atoms with Crippen molar-refractivity contribution in [3.05, 3.63) is 46.5 Å². The summed E-state index contributed by atoms with van der Waals surface area (Å²) in [5, 5.41) is 7.30. The third-order valence-corrected chi connectivity index (χ3v) is 4.45. The molecule has 1 aromatic carbocycles. The summed E-state index contributed by atoms with van der Waals surface area (Å²) in [5.41, 5.74) is 2.94. The van der Waals surface area contributed by atoms with Crippen LogP contribution in [0.5, 0.6) is 5.75 Å². The summed E-state index contributed by atoms with van der Waals surface area (Å²) in [4.78, 5) is 12.7. The second-order valence-electron chi connectivity index (χ2n) is 6.51. The van der Waals surface area contributed by atoms with E-state index in [1.54, 1.807) is 30.8 Å². The molecule has 1 amide bonds. The van der Waals surface area contributed by atoms with Crippen molar-refractivity contribution in [3.63, 3.8) is 0 Å². The number of ether oxygens (including phenoxy) is 2. The van der Waals surface area contributed by atoms with Gasteiger partial charge in [0.05, 0.1) is 24.5 Å². The van der Waals surface area contributed by atoms with Crippen molar-refractivity contribution < 1.29 is 18.7 Å². The Labute approximate surface area is 152 Å². The van der Waals surface area contributed by atoms with Crippen LogP contribution in [0.1, 0.15) is 54.2 Å². The van der Waals surface area contributed by atoms with Gasteiger partial charge in [-0.1, -0.05) is 6.07 Å². The van der Waals surface area contributed by atoms with E-state index in [4.69, 9.17) is 9.47 Å². The number of nitrogens with zero attached hydrogens (tertiary/aromatic N) is 2. The molecule has 0 radical (unpaired) electrons. The van der Waals surface area contributed by atoms with Crippen LogP contribution in [0.15, 0.2) is 18.2 Å². The van der Waals surface area contributed by atoms with Gasteiger partial charge >= 0.3 is 0 Å². The molecule has 1 N–H and O–H groups in total. The van der Waals surface area contributed by atoms with E-state index in [1.165, 1.54) is 6.07 Å². The fourth-order valence-electron chi connectivity index (χ4n) is 3.34. The van der Waals surface area contributed by atoms with Gasteiger partial charge in [-0.3, -0.25) is 9.48 Å². The number of hydrogen-bond acceptors (Lipinski definition) is 4. The number of aryl methyl sites for hydroxylation is 1. The maximum atomic E-state index is 13.9. The quantitative estimate of drug-likeness (QED) is 0.889. The molecule has 1 aliphatic heterocycles. The van der Waals surface area contributed by atoms with Gasteiger partial charge in [0.1, 0.15) is 5.69 Å². The topological polar surface area (TPSA) is 65.4 Å². The van der Waals surface area contributed by atoms with Crippen LogP contribution in [-0.4, -0.2) is 28.4 Å². The molecule has 0 unspecified atom stereocenters. The van der Waals surface area contributed by atoms with Crippen molar-refractivity contribution in [2.24, 2.45) is 7.05 Å². The van der Waals surface area contributed by atoms with Crippen molar-refractivity contribution >= 4 is 5.91 Å². The van der Waals surface area contributed by atoms with Crippen LogP contribution in [0.4, 0.5) is 4.39 Å². The normalized spacial score (nSPS) is 19.1. The largest absolute Gasteiger partial charge is 0.491 e. The van der Waals surface area contributed by atoms with Crippen LogP contribution in [-0.2, 0) is 24.8 Å². The predicted molar refractivity (Wildman–Crippen MR) is 94.6 cm³/mol. The molecule has 3 rings (SSSR count). The Morgan fingerprint density at radius 1 is 1.46 bits per heavy atom. The second-order valence-corrected chi connectivity index (χ2v) is 6.51. The molecule has 140 valence electrons. The van der Waals surface area contributed by atoms with Gasteiger partial charge in [0.2, 0.25) is 0 Å². The molecule has 0 saturated carbocycles. The summed E-state index contributed by atoms with van der Waals surface area (Å²) in [6.45, 7) is 6.35. The first kappa shape index (κ1) is 18.4. The predicted octanol–water partition coefficient (Wildman–Crippen LogP) is 2.91. The summed E-state index contributed by atoms with van der Waals surface area (Å²) >= 11 is 0. The first-order valence-electron chi connectivity index (χ1n) is 8.81. The number of carbonyl (C=O) groups is 1. The van der Waals surface area contributed by atoms with E-state index in [0.717, 1.165) is 11.3 Å². The summed E-state index contributed by atoms with van der Waals surface area (Å²) in [6.07, 6.45) is 0.545. The maximum absolute atomic E-state index is 13.9. The van der Waals surface area contributed by atoms with Gasteiger partial charge < -0.3 is 14.8 Å². The van der Waals surface area contributed by atoms with E-state index < -0.39 is 5.82 Å². The first-order valence-corrected chi connectivity index (χ1v) is 8.81. The van der Waals surface area contributed by atoms with Gasteiger partial charge in [-0.25, -0.2) is 4.39 Å². The smallest absolute Gasteiger partial charge is 0.270 e. The van der Waals surface area contributed by atoms with E-state index in [2.05, 4.69) is 10.4 Å². The van der Waals surface area contributed by atoms with Crippen molar-refractivity contribution in [2.75, 3.05) is 6.61 Å². The molecule has 0 aliphatic carbocycles. The Morgan fingerprint density at radius 3 is 2.92 bits per heavy atom. The van der Waals surface area contributed by atoms with Crippen molar-refractivity contribution in [2.45, 2.75) is 45.9 Å². The van der Waals surface area contributed by atoms with Crippen molar-refractivity contribution in [1.29, 1.82) is 0 Å². The van der Waals surface area contributed by atoms with Crippen LogP contribution >= 0.6 is 0 Å². The number of rotatable bonds is 5. The number of carbonyl (C=O) groups excluding carboxylic acids is 1. The van der Waals surface area contributed by atoms with E-state index in [1.807, 2.05) is 13.8 Å². The average molecular weight is 361 g/mol. The molecular weight excluding hydrogens is 337 g/mol. The Kier molecular flexibility index (Phi) is 5.27. The van der Waals surface area contributed by atoms with E-state index >= 15 is 0 Å². The van der Waals surface area contributed by atoms with Gasteiger partial charge in [-0.2, -0.15) is 5.10 Å². The molecule has 2 atom stereocenters. The highest BCUT2D eigenvalue weighted by Gasteiger charge is 2.31. The zero-order valence-electron chi connectivity index (χ0n) is 15.5. The molecule has 26 heavy (non-hydrogen) atoms. The van der Waals surface area contributed by atoms with E-state index in [-0.39, 0.29) is 30.4 Å². The van der Waals surface area contributed by atoms with Gasteiger partial charge in [0, 0.05) is 25.6 Å². The highest BCUT2D eigenvalue weighted by Crippen LogP contribution is 2.31. The minimum absolute atomic E-state index is 0.0356. The zero-order chi connectivity index (χ0) is 18.8. The molecular formula is C19H24FN3O3. The maximum Gasteiger partial charge on any atom is 0.270 e. The second kappa shape index (κ2) is 7.45. The number of halogens is 1. The molecule has 2 aromatic rings. The molecule has 1 aliphatic rings.